The van der Waals surface area contributed by atoms with Crippen molar-refractivity contribution in [1.82, 2.24) is 4.98 Å². The van der Waals surface area contributed by atoms with Crippen molar-refractivity contribution in [3.05, 3.63) is 53.2 Å². The van der Waals surface area contributed by atoms with Crippen LogP contribution in [0.15, 0.2) is 42.6 Å². The molecule has 2 atom stereocenters. The van der Waals surface area contributed by atoms with E-state index in [1.54, 1.807) is 0 Å². The van der Waals surface area contributed by atoms with Crippen LogP contribution in [0.4, 0.5) is 11.5 Å². The number of benzene rings is 1. The first kappa shape index (κ1) is 11.5. The summed E-state index contributed by atoms with van der Waals surface area (Å²) >= 11 is 5.93. The maximum absolute atomic E-state index is 5.93. The standard InChI is InChI=1S/C14H14ClN3/c15-10-2-1-3-11(6-10)18-14-5-4-9(8-17-14)12-7-13(12)16/h1-6,8,12-13H,7,16H2,(H,17,18). The summed E-state index contributed by atoms with van der Waals surface area (Å²) < 4.78 is 0. The molecule has 92 valence electrons. The molecule has 0 radical (unpaired) electrons. The molecule has 2 aromatic rings. The SMILES string of the molecule is NC1CC1c1ccc(Nc2cccc(Cl)c2)nc1. The van der Waals surface area contributed by atoms with Crippen LogP contribution in [0.1, 0.15) is 17.9 Å². The molecule has 1 aliphatic carbocycles. The Balaban J connectivity index is 1.73. The van der Waals surface area contributed by atoms with Crippen LogP contribution in [0.25, 0.3) is 0 Å². The van der Waals surface area contributed by atoms with Crippen molar-refractivity contribution in [3.8, 4) is 0 Å². The molecule has 4 heteroatoms. The van der Waals surface area contributed by atoms with E-state index in [0.717, 1.165) is 17.9 Å². The first-order valence-electron chi connectivity index (χ1n) is 5.96. The Morgan fingerprint density at radius 2 is 2.11 bits per heavy atom. The Morgan fingerprint density at radius 3 is 2.72 bits per heavy atom. The van der Waals surface area contributed by atoms with Crippen LogP contribution in [0.3, 0.4) is 0 Å². The highest BCUT2D eigenvalue weighted by atomic mass is 35.5. The topological polar surface area (TPSA) is 50.9 Å². The third-order valence-corrected chi connectivity index (χ3v) is 3.39. The number of aromatic nitrogens is 1. The highest BCUT2D eigenvalue weighted by Gasteiger charge is 2.34. The van der Waals surface area contributed by atoms with E-state index >= 15 is 0 Å². The third kappa shape index (κ3) is 2.47. The summed E-state index contributed by atoms with van der Waals surface area (Å²) in [6.07, 6.45) is 2.97. The van der Waals surface area contributed by atoms with E-state index in [1.165, 1.54) is 5.56 Å². The lowest BCUT2D eigenvalue weighted by Crippen LogP contribution is -2.01. The van der Waals surface area contributed by atoms with E-state index in [-0.39, 0.29) is 0 Å². The first-order chi connectivity index (χ1) is 8.72. The molecule has 1 saturated carbocycles. The van der Waals surface area contributed by atoms with Crippen LogP contribution >= 0.6 is 11.6 Å². The van der Waals surface area contributed by atoms with Crippen molar-refractivity contribution < 1.29 is 0 Å². The van der Waals surface area contributed by atoms with Crippen molar-refractivity contribution >= 4 is 23.1 Å². The van der Waals surface area contributed by atoms with Crippen LogP contribution in [-0.4, -0.2) is 11.0 Å². The van der Waals surface area contributed by atoms with Crippen molar-refractivity contribution in [2.24, 2.45) is 5.73 Å². The number of pyridine rings is 1. The van der Waals surface area contributed by atoms with Gasteiger partial charge in [-0.1, -0.05) is 23.7 Å². The summed E-state index contributed by atoms with van der Waals surface area (Å²) in [7, 11) is 0. The molecule has 1 fully saturated rings. The number of anilines is 2. The van der Waals surface area contributed by atoms with Gasteiger partial charge in [0.15, 0.2) is 0 Å². The van der Waals surface area contributed by atoms with Crippen LogP contribution in [0, 0.1) is 0 Å². The second-order valence-corrected chi connectivity index (χ2v) is 5.05. The summed E-state index contributed by atoms with van der Waals surface area (Å²) in [4.78, 5) is 4.39. The zero-order valence-electron chi connectivity index (χ0n) is 9.81. The molecular weight excluding hydrogens is 246 g/mol. The molecule has 0 bridgehead atoms. The van der Waals surface area contributed by atoms with Gasteiger partial charge in [0.25, 0.3) is 0 Å². The Morgan fingerprint density at radius 1 is 1.28 bits per heavy atom. The summed E-state index contributed by atoms with van der Waals surface area (Å²) in [5.41, 5.74) is 7.98. The van der Waals surface area contributed by atoms with Crippen LogP contribution in [0.2, 0.25) is 5.02 Å². The maximum atomic E-state index is 5.93. The monoisotopic (exact) mass is 259 g/mol. The molecule has 0 saturated heterocycles. The molecule has 2 unspecified atom stereocenters. The lowest BCUT2D eigenvalue weighted by atomic mass is 10.2. The van der Waals surface area contributed by atoms with E-state index in [9.17, 15) is 0 Å². The van der Waals surface area contributed by atoms with E-state index in [2.05, 4.69) is 16.4 Å². The van der Waals surface area contributed by atoms with E-state index in [0.29, 0.717) is 17.0 Å². The van der Waals surface area contributed by atoms with Crippen molar-refractivity contribution in [1.29, 1.82) is 0 Å². The molecule has 3 nitrogen and oxygen atoms in total. The Labute approximate surface area is 111 Å². The normalized spacial score (nSPS) is 21.7. The van der Waals surface area contributed by atoms with Gasteiger partial charge >= 0.3 is 0 Å². The average Bonchev–Trinajstić information content (AvgIpc) is 3.07. The van der Waals surface area contributed by atoms with Crippen LogP contribution in [0.5, 0.6) is 0 Å². The molecular formula is C14H14ClN3. The number of nitrogens with zero attached hydrogens (tertiary/aromatic N) is 1. The quantitative estimate of drug-likeness (QED) is 0.889. The molecule has 1 aliphatic rings. The second-order valence-electron chi connectivity index (χ2n) is 4.62. The first-order valence-corrected chi connectivity index (χ1v) is 6.34. The number of hydrogen-bond donors (Lipinski definition) is 2. The lowest BCUT2D eigenvalue weighted by molar-refractivity contribution is 0.981. The summed E-state index contributed by atoms with van der Waals surface area (Å²) in [6.45, 7) is 0. The minimum atomic E-state index is 0.318. The zero-order valence-corrected chi connectivity index (χ0v) is 10.6. The highest BCUT2D eigenvalue weighted by molar-refractivity contribution is 6.30. The zero-order chi connectivity index (χ0) is 12.5. The smallest absolute Gasteiger partial charge is 0.130 e. The van der Waals surface area contributed by atoms with Crippen molar-refractivity contribution in [2.45, 2.75) is 18.4 Å². The fourth-order valence-corrected chi connectivity index (χ4v) is 2.20. The number of nitrogens with one attached hydrogen (secondary N) is 1. The molecule has 1 aromatic heterocycles. The van der Waals surface area contributed by atoms with Gasteiger partial charge in [0.1, 0.15) is 5.82 Å². The molecule has 0 spiro atoms. The highest BCUT2D eigenvalue weighted by Crippen LogP contribution is 2.38. The van der Waals surface area contributed by atoms with Gasteiger partial charge in [-0.15, -0.1) is 0 Å². The van der Waals surface area contributed by atoms with Crippen LogP contribution < -0.4 is 11.1 Å². The lowest BCUT2D eigenvalue weighted by Gasteiger charge is -2.06. The molecule has 3 rings (SSSR count). The molecule has 1 aromatic carbocycles. The molecule has 0 aliphatic heterocycles. The molecule has 18 heavy (non-hydrogen) atoms. The largest absolute Gasteiger partial charge is 0.340 e. The van der Waals surface area contributed by atoms with Gasteiger partial charge in [-0.2, -0.15) is 0 Å². The number of rotatable bonds is 3. The fraction of sp³-hybridized carbons (Fsp3) is 0.214. The number of halogens is 1. The predicted octanol–water partition coefficient (Wildman–Crippen LogP) is 3.29. The van der Waals surface area contributed by atoms with Gasteiger partial charge in [0.2, 0.25) is 0 Å². The second kappa shape index (κ2) is 4.59. The predicted molar refractivity (Wildman–Crippen MR) is 74.3 cm³/mol. The van der Waals surface area contributed by atoms with Crippen molar-refractivity contribution in [3.63, 3.8) is 0 Å². The van der Waals surface area contributed by atoms with Gasteiger partial charge in [-0.3, -0.25) is 0 Å². The summed E-state index contributed by atoms with van der Waals surface area (Å²) in [5, 5.41) is 3.92. The van der Waals surface area contributed by atoms with Gasteiger partial charge < -0.3 is 11.1 Å². The Bertz CT molecular complexity index is 553. The van der Waals surface area contributed by atoms with Crippen LogP contribution in [-0.2, 0) is 0 Å². The summed E-state index contributed by atoms with van der Waals surface area (Å²) in [6, 6.07) is 11.9. The Kier molecular flexibility index (Phi) is 2.94. The van der Waals surface area contributed by atoms with Gasteiger partial charge in [-0.25, -0.2) is 4.98 Å². The van der Waals surface area contributed by atoms with E-state index in [1.807, 2.05) is 36.5 Å². The van der Waals surface area contributed by atoms with Crippen molar-refractivity contribution in [2.75, 3.05) is 5.32 Å². The third-order valence-electron chi connectivity index (χ3n) is 3.15. The van der Waals surface area contributed by atoms with E-state index in [4.69, 9.17) is 17.3 Å². The van der Waals surface area contributed by atoms with E-state index < -0.39 is 0 Å². The van der Waals surface area contributed by atoms with Gasteiger partial charge in [0.05, 0.1) is 0 Å². The average molecular weight is 260 g/mol. The molecule has 3 N–H and O–H groups in total. The molecule has 0 amide bonds. The number of hydrogen-bond acceptors (Lipinski definition) is 3. The minimum Gasteiger partial charge on any atom is -0.340 e. The van der Waals surface area contributed by atoms with Gasteiger partial charge in [0, 0.05) is 28.9 Å². The van der Waals surface area contributed by atoms with Gasteiger partial charge in [-0.05, 0) is 36.2 Å². The number of nitrogens with two attached hydrogens (primary N) is 1. The maximum Gasteiger partial charge on any atom is 0.130 e. The molecule has 1 heterocycles. The minimum absolute atomic E-state index is 0.318. The summed E-state index contributed by atoms with van der Waals surface area (Å²) in [5.74, 6) is 1.31. The Hall–Kier alpha value is -1.58. The fourth-order valence-electron chi connectivity index (χ4n) is 2.01.